The van der Waals surface area contributed by atoms with Crippen LogP contribution in [0.15, 0.2) is 24.3 Å². The molecule has 0 aliphatic heterocycles. The molecule has 1 aromatic rings. The molecule has 0 aromatic heterocycles. The number of aliphatic hydroxyl groups is 1. The van der Waals surface area contributed by atoms with Gasteiger partial charge in [-0.1, -0.05) is 18.2 Å². The number of hydrogen-bond donors (Lipinski definition) is 1. The van der Waals surface area contributed by atoms with E-state index in [1.807, 2.05) is 0 Å². The van der Waals surface area contributed by atoms with Crippen LogP contribution in [0, 0.1) is 0 Å². The summed E-state index contributed by atoms with van der Waals surface area (Å²) in [6.07, 6.45) is 0. The van der Waals surface area contributed by atoms with Gasteiger partial charge in [0.15, 0.2) is 5.44 Å². The van der Waals surface area contributed by atoms with Gasteiger partial charge in [0.05, 0.1) is 7.11 Å². The van der Waals surface area contributed by atoms with Gasteiger partial charge in [0.2, 0.25) is 0 Å². The predicted octanol–water partition coefficient (Wildman–Crippen LogP) is -2.76. The Labute approximate surface area is 110 Å². The minimum atomic E-state index is -4.76. The molecule has 0 fully saturated rings. The molecule has 1 N–H and O–H groups in total. The normalized spacial score (nSPS) is 12.7. The van der Waals surface area contributed by atoms with E-state index >= 15 is 0 Å². The summed E-state index contributed by atoms with van der Waals surface area (Å²) in [7, 11) is -3.44. The van der Waals surface area contributed by atoms with Crippen molar-refractivity contribution in [3.63, 3.8) is 0 Å². The molecule has 0 saturated heterocycles. The standard InChI is InChI=1S/C8H10O5S.Na/c1-13-7-5-3-2-4-6(7)8(9)14(10,11)12;/h2-5,8-9H,1H3,(H,10,11,12);/q;+1/p-1/t8-;/m1./s1. The van der Waals surface area contributed by atoms with Crippen molar-refractivity contribution in [3.8, 4) is 5.75 Å². The van der Waals surface area contributed by atoms with Crippen molar-refractivity contribution in [3.05, 3.63) is 29.8 Å². The zero-order valence-corrected chi connectivity index (χ0v) is 11.2. The van der Waals surface area contributed by atoms with Crippen LogP contribution in [0.2, 0.25) is 0 Å². The van der Waals surface area contributed by atoms with E-state index in [0.29, 0.717) is 0 Å². The topological polar surface area (TPSA) is 86.7 Å². The Bertz CT molecular complexity index is 417. The summed E-state index contributed by atoms with van der Waals surface area (Å²) in [5.41, 5.74) is -2.14. The number of hydrogen-bond acceptors (Lipinski definition) is 5. The van der Waals surface area contributed by atoms with Crippen molar-refractivity contribution in [1.82, 2.24) is 0 Å². The molecule has 0 saturated carbocycles. The SMILES string of the molecule is COc1ccccc1[C@H](O)S(=O)(=O)[O-].[Na+]. The maximum absolute atomic E-state index is 10.5. The first kappa shape index (κ1) is 14.9. The second kappa shape index (κ2) is 5.83. The molecule has 0 aliphatic carbocycles. The van der Waals surface area contributed by atoms with E-state index in [-0.39, 0.29) is 40.9 Å². The Hall–Kier alpha value is -0.110. The van der Waals surface area contributed by atoms with Crippen LogP contribution < -0.4 is 34.3 Å². The van der Waals surface area contributed by atoms with E-state index in [2.05, 4.69) is 0 Å². The van der Waals surface area contributed by atoms with Gasteiger partial charge in [0, 0.05) is 5.56 Å². The van der Waals surface area contributed by atoms with Gasteiger partial charge in [-0.15, -0.1) is 0 Å². The van der Waals surface area contributed by atoms with Crippen LogP contribution in [-0.4, -0.2) is 25.2 Å². The van der Waals surface area contributed by atoms with Crippen molar-refractivity contribution in [2.75, 3.05) is 7.11 Å². The number of methoxy groups -OCH3 is 1. The Morgan fingerprint density at radius 3 is 2.40 bits per heavy atom. The smallest absolute Gasteiger partial charge is 0.746 e. The second-order valence-corrected chi connectivity index (χ2v) is 4.02. The molecule has 0 bridgehead atoms. The van der Waals surface area contributed by atoms with E-state index in [1.54, 1.807) is 6.07 Å². The Kier molecular flexibility index (Phi) is 5.79. The minimum absolute atomic E-state index is 0. The van der Waals surface area contributed by atoms with Gasteiger partial charge in [-0.3, -0.25) is 0 Å². The molecule has 1 atom stereocenters. The van der Waals surface area contributed by atoms with E-state index in [1.165, 1.54) is 25.3 Å². The first-order chi connectivity index (χ1) is 6.46. The minimum Gasteiger partial charge on any atom is -0.746 e. The van der Waals surface area contributed by atoms with E-state index in [4.69, 9.17) is 4.74 Å². The fourth-order valence-corrected chi connectivity index (χ4v) is 1.53. The third-order valence-corrected chi connectivity index (χ3v) is 2.48. The van der Waals surface area contributed by atoms with Gasteiger partial charge in [-0.05, 0) is 6.07 Å². The van der Waals surface area contributed by atoms with Crippen molar-refractivity contribution in [2.24, 2.45) is 0 Å². The van der Waals surface area contributed by atoms with Gasteiger partial charge in [-0.25, -0.2) is 8.42 Å². The summed E-state index contributed by atoms with van der Waals surface area (Å²) in [6, 6.07) is 5.89. The summed E-state index contributed by atoms with van der Waals surface area (Å²) in [5.74, 6) is 0.166. The van der Waals surface area contributed by atoms with Crippen molar-refractivity contribution >= 4 is 10.1 Å². The van der Waals surface area contributed by atoms with Crippen LogP contribution in [0.25, 0.3) is 0 Å². The molecule has 0 unspecified atom stereocenters. The van der Waals surface area contributed by atoms with E-state index in [9.17, 15) is 18.1 Å². The van der Waals surface area contributed by atoms with Gasteiger partial charge in [0.1, 0.15) is 15.9 Å². The number of rotatable bonds is 3. The number of benzene rings is 1. The Morgan fingerprint density at radius 1 is 1.40 bits per heavy atom. The average Bonchev–Trinajstić information content (AvgIpc) is 2.15. The van der Waals surface area contributed by atoms with Crippen LogP contribution >= 0.6 is 0 Å². The van der Waals surface area contributed by atoms with Crippen LogP contribution in [0.4, 0.5) is 0 Å². The zero-order valence-electron chi connectivity index (χ0n) is 8.38. The van der Waals surface area contributed by atoms with Crippen LogP contribution in [0.1, 0.15) is 11.0 Å². The van der Waals surface area contributed by atoms with Crippen LogP contribution in [0.3, 0.4) is 0 Å². The molecule has 7 heteroatoms. The van der Waals surface area contributed by atoms with E-state index < -0.39 is 15.6 Å². The van der Waals surface area contributed by atoms with Gasteiger partial charge < -0.3 is 14.4 Å². The molecule has 78 valence electrons. The molecule has 1 rings (SSSR count). The molecule has 0 aliphatic rings. The first-order valence-corrected chi connectivity index (χ1v) is 5.19. The number of ether oxygens (including phenoxy) is 1. The predicted molar refractivity (Wildman–Crippen MR) is 47.7 cm³/mol. The second-order valence-electron chi connectivity index (χ2n) is 2.59. The monoisotopic (exact) mass is 240 g/mol. The summed E-state index contributed by atoms with van der Waals surface area (Å²) < 4.78 is 36.4. The fourth-order valence-electron chi connectivity index (χ4n) is 1.03. The number of para-hydroxylation sites is 1. The molecular weight excluding hydrogens is 231 g/mol. The molecule has 0 radical (unpaired) electrons. The third-order valence-electron chi connectivity index (χ3n) is 1.68. The molecular formula is C8H9NaO5S. The molecule has 0 spiro atoms. The van der Waals surface area contributed by atoms with Gasteiger partial charge >= 0.3 is 29.6 Å². The summed E-state index contributed by atoms with van der Waals surface area (Å²) in [6.45, 7) is 0. The zero-order chi connectivity index (χ0) is 10.8. The van der Waals surface area contributed by atoms with Crippen molar-refractivity contribution in [1.29, 1.82) is 0 Å². The summed E-state index contributed by atoms with van der Waals surface area (Å²) in [5, 5.41) is 9.19. The van der Waals surface area contributed by atoms with Crippen LogP contribution in [0.5, 0.6) is 5.75 Å². The molecule has 5 nitrogen and oxygen atoms in total. The Balaban J connectivity index is 0.00000196. The van der Waals surface area contributed by atoms with Gasteiger partial charge in [-0.2, -0.15) is 0 Å². The Morgan fingerprint density at radius 2 is 1.93 bits per heavy atom. The van der Waals surface area contributed by atoms with E-state index in [0.717, 1.165) is 0 Å². The molecule has 15 heavy (non-hydrogen) atoms. The van der Waals surface area contributed by atoms with Crippen molar-refractivity contribution < 1.29 is 52.4 Å². The van der Waals surface area contributed by atoms with Crippen LogP contribution in [-0.2, 0) is 10.1 Å². The summed E-state index contributed by atoms with van der Waals surface area (Å²) in [4.78, 5) is 0. The maximum atomic E-state index is 10.5. The number of aliphatic hydroxyl groups excluding tert-OH is 1. The molecule has 0 amide bonds. The summed E-state index contributed by atoms with van der Waals surface area (Å²) >= 11 is 0. The quantitative estimate of drug-likeness (QED) is 0.456. The van der Waals surface area contributed by atoms with Gasteiger partial charge in [0.25, 0.3) is 0 Å². The molecule has 1 aromatic carbocycles. The first-order valence-electron chi connectivity index (χ1n) is 3.72. The average molecular weight is 240 g/mol. The largest absolute Gasteiger partial charge is 1.00 e. The maximum Gasteiger partial charge on any atom is 1.00 e. The molecule has 0 heterocycles. The van der Waals surface area contributed by atoms with Crippen molar-refractivity contribution in [2.45, 2.75) is 5.44 Å². The third kappa shape index (κ3) is 3.75. The fraction of sp³-hybridized carbons (Fsp3) is 0.250.